The van der Waals surface area contributed by atoms with Crippen molar-refractivity contribution in [2.24, 2.45) is 5.92 Å². The van der Waals surface area contributed by atoms with E-state index >= 15 is 0 Å². The van der Waals surface area contributed by atoms with Crippen LogP contribution in [0.5, 0.6) is 0 Å². The number of aromatic nitrogens is 2. The minimum atomic E-state index is -0.0124. The number of aryl methyl sites for hydroxylation is 1. The molecule has 1 aliphatic rings. The molecule has 0 aliphatic carbocycles. The van der Waals surface area contributed by atoms with Crippen LogP contribution in [0.3, 0.4) is 0 Å². The summed E-state index contributed by atoms with van der Waals surface area (Å²) in [7, 11) is 0. The van der Waals surface area contributed by atoms with Crippen molar-refractivity contribution >= 4 is 11.7 Å². The molecule has 1 amide bonds. The summed E-state index contributed by atoms with van der Waals surface area (Å²) >= 11 is 0. The number of rotatable bonds is 4. The summed E-state index contributed by atoms with van der Waals surface area (Å²) in [5, 5.41) is 0. The fourth-order valence-corrected chi connectivity index (χ4v) is 3.24. The van der Waals surface area contributed by atoms with Crippen LogP contribution in [-0.2, 0) is 6.42 Å². The van der Waals surface area contributed by atoms with E-state index in [4.69, 9.17) is 5.73 Å². The molecule has 0 radical (unpaired) electrons. The van der Waals surface area contributed by atoms with Gasteiger partial charge in [-0.15, -0.1) is 0 Å². The van der Waals surface area contributed by atoms with Crippen molar-refractivity contribution in [3.63, 3.8) is 0 Å². The summed E-state index contributed by atoms with van der Waals surface area (Å²) in [6.45, 7) is 5.95. The molecule has 25 heavy (non-hydrogen) atoms. The molecular formula is C20H26N4O. The molecule has 0 atom stereocenters. The number of hydrogen-bond acceptors (Lipinski definition) is 4. The Morgan fingerprint density at radius 1 is 1.24 bits per heavy atom. The topological polar surface area (TPSA) is 72.1 Å². The largest absolute Gasteiger partial charge is 0.383 e. The summed E-state index contributed by atoms with van der Waals surface area (Å²) in [6, 6.07) is 5.88. The Bertz CT molecular complexity index is 751. The fourth-order valence-electron chi connectivity index (χ4n) is 3.24. The second-order valence-electron chi connectivity index (χ2n) is 6.92. The molecular weight excluding hydrogens is 312 g/mol. The first-order valence-electron chi connectivity index (χ1n) is 9.08. The molecule has 5 heteroatoms. The number of anilines is 1. The molecule has 2 aromatic heterocycles. The van der Waals surface area contributed by atoms with Gasteiger partial charge in [-0.3, -0.25) is 9.78 Å². The Balaban J connectivity index is 1.88. The van der Waals surface area contributed by atoms with Crippen LogP contribution in [-0.4, -0.2) is 33.9 Å². The van der Waals surface area contributed by atoms with Crippen molar-refractivity contribution in [1.82, 2.24) is 14.9 Å². The van der Waals surface area contributed by atoms with Gasteiger partial charge in [-0.05, 0) is 48.9 Å². The van der Waals surface area contributed by atoms with E-state index in [2.05, 4.69) is 29.9 Å². The zero-order chi connectivity index (χ0) is 17.8. The van der Waals surface area contributed by atoms with Crippen LogP contribution < -0.4 is 5.73 Å². The van der Waals surface area contributed by atoms with E-state index in [0.717, 1.165) is 55.6 Å². The number of carbonyl (C=O) groups is 1. The predicted molar refractivity (Wildman–Crippen MR) is 100 cm³/mol. The highest BCUT2D eigenvalue weighted by molar-refractivity contribution is 5.99. The van der Waals surface area contributed by atoms with E-state index in [0.29, 0.717) is 17.3 Å². The molecule has 2 aromatic rings. The van der Waals surface area contributed by atoms with Gasteiger partial charge in [-0.1, -0.05) is 20.3 Å². The molecule has 1 fully saturated rings. The van der Waals surface area contributed by atoms with E-state index in [1.165, 1.54) is 0 Å². The monoisotopic (exact) mass is 338 g/mol. The van der Waals surface area contributed by atoms with Crippen molar-refractivity contribution in [2.75, 3.05) is 18.8 Å². The minimum absolute atomic E-state index is 0.0124. The second kappa shape index (κ2) is 7.64. The number of nitrogens with two attached hydrogens (primary N) is 1. The van der Waals surface area contributed by atoms with Crippen molar-refractivity contribution in [1.29, 1.82) is 0 Å². The third-order valence-electron chi connectivity index (χ3n) is 4.88. The third-order valence-corrected chi connectivity index (χ3v) is 4.88. The average molecular weight is 338 g/mol. The summed E-state index contributed by atoms with van der Waals surface area (Å²) in [5.41, 5.74) is 9.49. The van der Waals surface area contributed by atoms with Gasteiger partial charge in [-0.2, -0.15) is 0 Å². The van der Waals surface area contributed by atoms with Gasteiger partial charge in [0, 0.05) is 36.7 Å². The maximum Gasteiger partial charge on any atom is 0.257 e. The van der Waals surface area contributed by atoms with Crippen LogP contribution in [0.4, 0.5) is 5.82 Å². The molecule has 0 saturated carbocycles. The lowest BCUT2D eigenvalue weighted by Crippen LogP contribution is -2.38. The number of hydrogen-bond donors (Lipinski definition) is 1. The van der Waals surface area contributed by atoms with Gasteiger partial charge in [0.15, 0.2) is 0 Å². The molecule has 3 rings (SSSR count). The minimum Gasteiger partial charge on any atom is -0.383 e. The van der Waals surface area contributed by atoms with Crippen LogP contribution in [0, 0.1) is 5.92 Å². The lowest BCUT2D eigenvalue weighted by molar-refractivity contribution is 0.0698. The van der Waals surface area contributed by atoms with E-state index < -0.39 is 0 Å². The molecule has 5 nitrogen and oxygen atoms in total. The first-order valence-corrected chi connectivity index (χ1v) is 9.08. The standard InChI is InChI=1S/C20H26N4O/c1-3-4-17-11-15(5-8-22-17)16-12-18(19(21)23-13-16)20(25)24-9-6-14(2)7-10-24/h5,8,11-14H,3-4,6-7,9-10H2,1-2H3,(H2,21,23). The number of nitrogens with zero attached hydrogens (tertiary/aromatic N) is 3. The number of nitrogen functional groups attached to an aromatic ring is 1. The quantitative estimate of drug-likeness (QED) is 0.925. The lowest BCUT2D eigenvalue weighted by Gasteiger charge is -2.30. The molecule has 0 aromatic carbocycles. The van der Waals surface area contributed by atoms with Gasteiger partial charge in [0.1, 0.15) is 5.82 Å². The number of pyridine rings is 2. The number of amides is 1. The van der Waals surface area contributed by atoms with Crippen LogP contribution >= 0.6 is 0 Å². The highest BCUT2D eigenvalue weighted by Crippen LogP contribution is 2.25. The average Bonchev–Trinajstić information content (AvgIpc) is 2.63. The van der Waals surface area contributed by atoms with Crippen molar-refractivity contribution in [3.8, 4) is 11.1 Å². The zero-order valence-corrected chi connectivity index (χ0v) is 15.0. The molecule has 3 heterocycles. The molecule has 1 aliphatic heterocycles. The Labute approximate surface area is 149 Å². The number of likely N-dealkylation sites (tertiary alicyclic amines) is 1. The molecule has 2 N–H and O–H groups in total. The van der Waals surface area contributed by atoms with Gasteiger partial charge in [0.05, 0.1) is 5.56 Å². The van der Waals surface area contributed by atoms with E-state index in [1.54, 1.807) is 6.20 Å². The van der Waals surface area contributed by atoms with Crippen LogP contribution in [0.15, 0.2) is 30.6 Å². The first-order chi connectivity index (χ1) is 12.1. The van der Waals surface area contributed by atoms with Gasteiger partial charge < -0.3 is 10.6 Å². The van der Waals surface area contributed by atoms with Crippen LogP contribution in [0.25, 0.3) is 11.1 Å². The van der Waals surface area contributed by atoms with E-state index in [9.17, 15) is 4.79 Å². The molecule has 0 unspecified atom stereocenters. The van der Waals surface area contributed by atoms with Gasteiger partial charge in [-0.25, -0.2) is 4.98 Å². The van der Waals surface area contributed by atoms with Gasteiger partial charge in [0.25, 0.3) is 5.91 Å². The highest BCUT2D eigenvalue weighted by atomic mass is 16.2. The maximum absolute atomic E-state index is 12.9. The SMILES string of the molecule is CCCc1cc(-c2cnc(N)c(C(=O)N3CCC(C)CC3)c2)ccn1. The van der Waals surface area contributed by atoms with Crippen LogP contribution in [0.1, 0.15) is 49.2 Å². The van der Waals surface area contributed by atoms with E-state index in [1.807, 2.05) is 23.2 Å². The van der Waals surface area contributed by atoms with Crippen molar-refractivity contribution in [2.45, 2.75) is 39.5 Å². The zero-order valence-electron chi connectivity index (χ0n) is 15.0. The number of piperidine rings is 1. The van der Waals surface area contributed by atoms with Gasteiger partial charge >= 0.3 is 0 Å². The highest BCUT2D eigenvalue weighted by Gasteiger charge is 2.23. The number of carbonyl (C=O) groups excluding carboxylic acids is 1. The van der Waals surface area contributed by atoms with Crippen molar-refractivity contribution in [3.05, 3.63) is 41.9 Å². The Morgan fingerprint density at radius 2 is 2.00 bits per heavy atom. The van der Waals surface area contributed by atoms with Crippen LogP contribution in [0.2, 0.25) is 0 Å². The molecule has 0 spiro atoms. The summed E-state index contributed by atoms with van der Waals surface area (Å²) in [4.78, 5) is 23.4. The second-order valence-corrected chi connectivity index (χ2v) is 6.92. The van der Waals surface area contributed by atoms with Crippen molar-refractivity contribution < 1.29 is 4.79 Å². The van der Waals surface area contributed by atoms with E-state index in [-0.39, 0.29) is 5.91 Å². The summed E-state index contributed by atoms with van der Waals surface area (Å²) < 4.78 is 0. The fraction of sp³-hybridized carbons (Fsp3) is 0.450. The molecule has 132 valence electrons. The Kier molecular flexibility index (Phi) is 5.31. The lowest BCUT2D eigenvalue weighted by atomic mass is 9.98. The molecule has 0 bridgehead atoms. The predicted octanol–water partition coefficient (Wildman–Crippen LogP) is 3.55. The Morgan fingerprint density at radius 3 is 2.72 bits per heavy atom. The van der Waals surface area contributed by atoms with Gasteiger partial charge in [0.2, 0.25) is 0 Å². The Hall–Kier alpha value is -2.43. The molecule has 1 saturated heterocycles. The third kappa shape index (κ3) is 3.98. The summed E-state index contributed by atoms with van der Waals surface area (Å²) in [5.74, 6) is 0.969. The normalized spacial score (nSPS) is 15.4. The maximum atomic E-state index is 12.9. The smallest absolute Gasteiger partial charge is 0.257 e. The summed E-state index contributed by atoms with van der Waals surface area (Å²) in [6.07, 6.45) is 7.62. The first kappa shape index (κ1) is 17.4.